The molecule has 2 fully saturated rings. The monoisotopic (exact) mass is 329 g/mol. The third-order valence-electron chi connectivity index (χ3n) is 3.70. The van der Waals surface area contributed by atoms with Gasteiger partial charge in [0.2, 0.25) is 0 Å². The number of benzene rings is 1. The van der Waals surface area contributed by atoms with Crippen LogP contribution < -0.4 is 0 Å². The van der Waals surface area contributed by atoms with Gasteiger partial charge in [0.1, 0.15) is 5.82 Å². The van der Waals surface area contributed by atoms with E-state index in [1.54, 1.807) is 0 Å². The molecule has 0 atom stereocenters. The number of nitrogens with zero attached hydrogens (tertiary/aromatic N) is 1. The Morgan fingerprint density at radius 3 is 2.84 bits per heavy atom. The van der Waals surface area contributed by atoms with E-state index in [0.29, 0.717) is 17.7 Å². The van der Waals surface area contributed by atoms with Crippen LogP contribution in [0, 0.1) is 5.82 Å². The lowest BCUT2D eigenvalue weighted by atomic mass is 10.0. The van der Waals surface area contributed by atoms with Gasteiger partial charge in [-0.3, -0.25) is 4.90 Å². The SMILES string of the molecule is Fc1ccc(CN2CCCC3(C2)OCCO3)cc1Br. The maximum atomic E-state index is 13.2. The van der Waals surface area contributed by atoms with E-state index >= 15 is 0 Å². The van der Waals surface area contributed by atoms with E-state index in [0.717, 1.165) is 38.0 Å². The minimum Gasteiger partial charge on any atom is -0.346 e. The number of piperidine rings is 1. The molecule has 0 N–H and O–H groups in total. The minimum atomic E-state index is -0.393. The number of rotatable bonds is 2. The lowest BCUT2D eigenvalue weighted by molar-refractivity contribution is -0.190. The minimum absolute atomic E-state index is 0.221. The second-order valence-corrected chi connectivity index (χ2v) is 6.02. The van der Waals surface area contributed by atoms with E-state index in [9.17, 15) is 4.39 Å². The van der Waals surface area contributed by atoms with E-state index in [4.69, 9.17) is 9.47 Å². The molecule has 1 spiro atoms. The van der Waals surface area contributed by atoms with Gasteiger partial charge in [-0.1, -0.05) is 6.07 Å². The Hall–Kier alpha value is -0.490. The first-order valence-electron chi connectivity index (χ1n) is 6.61. The summed E-state index contributed by atoms with van der Waals surface area (Å²) in [5.74, 6) is -0.614. The van der Waals surface area contributed by atoms with Gasteiger partial charge in [-0.15, -0.1) is 0 Å². The van der Waals surface area contributed by atoms with Crippen molar-refractivity contribution in [2.75, 3.05) is 26.3 Å². The fourth-order valence-electron chi connectivity index (χ4n) is 2.83. The summed E-state index contributed by atoms with van der Waals surface area (Å²) in [5, 5.41) is 0. The van der Waals surface area contributed by atoms with Crippen molar-refractivity contribution in [3.05, 3.63) is 34.1 Å². The normalized spacial score (nSPS) is 23.1. The Balaban J connectivity index is 1.67. The van der Waals surface area contributed by atoms with Crippen LogP contribution in [-0.4, -0.2) is 37.0 Å². The zero-order chi connectivity index (χ0) is 13.3. The fraction of sp³-hybridized carbons (Fsp3) is 0.571. The van der Waals surface area contributed by atoms with Gasteiger partial charge in [0.25, 0.3) is 0 Å². The highest BCUT2D eigenvalue weighted by Crippen LogP contribution is 2.31. The van der Waals surface area contributed by atoms with Crippen LogP contribution in [0.4, 0.5) is 4.39 Å². The fourth-order valence-corrected chi connectivity index (χ4v) is 3.26. The van der Waals surface area contributed by atoms with Gasteiger partial charge in [0.05, 0.1) is 24.2 Å². The van der Waals surface area contributed by atoms with Crippen LogP contribution in [0.1, 0.15) is 18.4 Å². The Morgan fingerprint density at radius 2 is 2.11 bits per heavy atom. The lowest BCUT2D eigenvalue weighted by Crippen LogP contribution is -2.48. The Morgan fingerprint density at radius 1 is 1.32 bits per heavy atom. The van der Waals surface area contributed by atoms with Crippen molar-refractivity contribution in [3.63, 3.8) is 0 Å². The van der Waals surface area contributed by atoms with E-state index in [2.05, 4.69) is 20.8 Å². The zero-order valence-electron chi connectivity index (χ0n) is 10.7. The molecule has 0 saturated carbocycles. The van der Waals surface area contributed by atoms with Crippen molar-refractivity contribution in [2.24, 2.45) is 0 Å². The van der Waals surface area contributed by atoms with Crippen LogP contribution in [0.2, 0.25) is 0 Å². The molecule has 2 heterocycles. The summed E-state index contributed by atoms with van der Waals surface area (Å²) in [6, 6.07) is 5.17. The molecule has 0 bridgehead atoms. The topological polar surface area (TPSA) is 21.7 Å². The second kappa shape index (κ2) is 5.48. The summed E-state index contributed by atoms with van der Waals surface area (Å²) in [6.07, 6.45) is 2.04. The van der Waals surface area contributed by atoms with Gasteiger partial charge in [0, 0.05) is 13.0 Å². The van der Waals surface area contributed by atoms with Gasteiger partial charge < -0.3 is 9.47 Å². The molecule has 2 aliphatic rings. The summed E-state index contributed by atoms with van der Waals surface area (Å²) in [4.78, 5) is 2.31. The molecule has 3 rings (SSSR count). The van der Waals surface area contributed by atoms with Crippen LogP contribution in [0.15, 0.2) is 22.7 Å². The summed E-state index contributed by atoms with van der Waals surface area (Å²) in [5.41, 5.74) is 1.10. The van der Waals surface area contributed by atoms with Gasteiger partial charge in [-0.25, -0.2) is 4.39 Å². The van der Waals surface area contributed by atoms with Crippen molar-refractivity contribution in [3.8, 4) is 0 Å². The molecular weight excluding hydrogens is 313 g/mol. The second-order valence-electron chi connectivity index (χ2n) is 5.17. The number of likely N-dealkylation sites (tertiary alicyclic amines) is 1. The smallest absolute Gasteiger partial charge is 0.181 e. The first-order valence-corrected chi connectivity index (χ1v) is 7.40. The Labute approximate surface area is 120 Å². The average Bonchev–Trinajstić information content (AvgIpc) is 2.82. The molecule has 0 aliphatic carbocycles. The van der Waals surface area contributed by atoms with E-state index in [-0.39, 0.29) is 5.82 Å². The molecule has 0 amide bonds. The molecule has 5 heteroatoms. The third kappa shape index (κ3) is 2.99. The van der Waals surface area contributed by atoms with Crippen molar-refractivity contribution in [1.82, 2.24) is 4.90 Å². The molecule has 2 saturated heterocycles. The highest BCUT2D eigenvalue weighted by atomic mass is 79.9. The molecule has 2 aliphatic heterocycles. The quantitative estimate of drug-likeness (QED) is 0.832. The average molecular weight is 330 g/mol. The van der Waals surface area contributed by atoms with Gasteiger partial charge in [-0.2, -0.15) is 0 Å². The molecule has 104 valence electrons. The van der Waals surface area contributed by atoms with E-state index < -0.39 is 5.79 Å². The highest BCUT2D eigenvalue weighted by Gasteiger charge is 2.40. The summed E-state index contributed by atoms with van der Waals surface area (Å²) >= 11 is 3.23. The van der Waals surface area contributed by atoms with Crippen molar-refractivity contribution in [2.45, 2.75) is 25.2 Å². The molecule has 1 aromatic carbocycles. The number of hydrogen-bond acceptors (Lipinski definition) is 3. The van der Waals surface area contributed by atoms with Gasteiger partial charge >= 0.3 is 0 Å². The third-order valence-corrected chi connectivity index (χ3v) is 4.31. The van der Waals surface area contributed by atoms with Gasteiger partial charge in [-0.05, 0) is 46.6 Å². The summed E-state index contributed by atoms with van der Waals surface area (Å²) in [7, 11) is 0. The van der Waals surface area contributed by atoms with Crippen LogP contribution >= 0.6 is 15.9 Å². The molecule has 1 aromatic rings. The predicted octanol–water partition coefficient (Wildman–Crippen LogP) is 2.93. The first-order chi connectivity index (χ1) is 9.17. The van der Waals surface area contributed by atoms with E-state index in [1.807, 2.05) is 12.1 Å². The standard InChI is InChI=1S/C14H17BrFNO2/c15-12-8-11(2-3-13(12)16)9-17-5-1-4-14(10-17)18-6-7-19-14/h2-3,8H,1,4-7,9-10H2. The van der Waals surface area contributed by atoms with Crippen LogP contribution in [0.5, 0.6) is 0 Å². The molecule has 19 heavy (non-hydrogen) atoms. The number of halogens is 2. The highest BCUT2D eigenvalue weighted by molar-refractivity contribution is 9.10. The Bertz CT molecular complexity index is 463. The molecule has 0 unspecified atom stereocenters. The van der Waals surface area contributed by atoms with Crippen molar-refractivity contribution in [1.29, 1.82) is 0 Å². The van der Waals surface area contributed by atoms with Crippen LogP contribution in [0.3, 0.4) is 0 Å². The molecule has 0 radical (unpaired) electrons. The van der Waals surface area contributed by atoms with Crippen molar-refractivity contribution >= 4 is 15.9 Å². The van der Waals surface area contributed by atoms with Crippen LogP contribution in [0.25, 0.3) is 0 Å². The van der Waals surface area contributed by atoms with Gasteiger partial charge in [0.15, 0.2) is 5.79 Å². The first kappa shape index (κ1) is 13.5. The van der Waals surface area contributed by atoms with Crippen molar-refractivity contribution < 1.29 is 13.9 Å². The zero-order valence-corrected chi connectivity index (χ0v) is 12.3. The molecule has 0 aromatic heterocycles. The summed E-state index contributed by atoms with van der Waals surface area (Å²) in [6.45, 7) is 4.00. The number of hydrogen-bond donors (Lipinski definition) is 0. The van der Waals surface area contributed by atoms with Crippen LogP contribution in [-0.2, 0) is 16.0 Å². The summed E-state index contributed by atoms with van der Waals surface area (Å²) < 4.78 is 25.3. The predicted molar refractivity (Wildman–Crippen MR) is 73.2 cm³/mol. The van der Waals surface area contributed by atoms with E-state index in [1.165, 1.54) is 6.07 Å². The lowest BCUT2D eigenvalue weighted by Gasteiger charge is -2.38. The number of ether oxygens (including phenoxy) is 2. The largest absolute Gasteiger partial charge is 0.346 e. The Kier molecular flexibility index (Phi) is 3.89. The maximum Gasteiger partial charge on any atom is 0.181 e. The molecule has 3 nitrogen and oxygen atoms in total. The molecular formula is C14H17BrFNO2. The maximum absolute atomic E-state index is 13.2.